The quantitative estimate of drug-likeness (QED) is 0.0428. The molecule has 0 heterocycles. The average molecular weight is 663 g/mol. The van der Waals surface area contributed by atoms with Gasteiger partial charge in [0.25, 0.3) is 0 Å². The molecule has 11 heteroatoms. The highest BCUT2D eigenvalue weighted by Gasteiger charge is 2.02. The third-order valence-corrected chi connectivity index (χ3v) is 6.14. The Labute approximate surface area is 277 Å². The predicted octanol–water partition coefficient (Wildman–Crippen LogP) is 7.24. The number of aliphatic hydroxyl groups excluding tert-OH is 3. The molecule has 0 bridgehead atoms. The number of hydrogen-bond donors (Lipinski definition) is 7. The number of carboxylic acids is 4. The van der Waals surface area contributed by atoms with Crippen molar-refractivity contribution in [3.8, 4) is 0 Å². The zero-order valence-corrected chi connectivity index (χ0v) is 29.1. The summed E-state index contributed by atoms with van der Waals surface area (Å²) in [4.78, 5) is 39.1. The lowest BCUT2D eigenvalue weighted by molar-refractivity contribution is -0.137. The lowest BCUT2D eigenvalue weighted by atomic mass is 10.0. The Hall–Kier alpha value is -3.02. The van der Waals surface area contributed by atoms with Crippen molar-refractivity contribution in [1.82, 2.24) is 0 Å². The molecule has 0 aliphatic rings. The largest absolute Gasteiger partial charge is 0.481 e. The Bertz CT molecular complexity index is 694. The first-order chi connectivity index (χ1) is 21.5. The number of unbranched alkanes of at least 4 members (excludes halogenated alkanes) is 14. The topological polar surface area (TPSA) is 210 Å². The van der Waals surface area contributed by atoms with Gasteiger partial charge in [-0.1, -0.05) is 117 Å². The van der Waals surface area contributed by atoms with E-state index >= 15 is 0 Å². The number of carboxylic acid groups (broad SMARTS) is 4. The molecule has 0 fully saturated rings. The molecule has 11 nitrogen and oxygen atoms in total. The molecule has 0 spiro atoms. The van der Waals surface area contributed by atoms with Crippen LogP contribution in [0.15, 0.2) is 36.5 Å². The first kappa shape index (κ1) is 52.5. The van der Waals surface area contributed by atoms with Gasteiger partial charge in [0.1, 0.15) is 0 Å². The van der Waals surface area contributed by atoms with Gasteiger partial charge in [-0.25, -0.2) is 14.4 Å². The molecule has 0 saturated heterocycles. The summed E-state index contributed by atoms with van der Waals surface area (Å²) in [7, 11) is 0. The fourth-order valence-corrected chi connectivity index (χ4v) is 3.07. The van der Waals surface area contributed by atoms with Crippen LogP contribution in [-0.2, 0) is 19.2 Å². The van der Waals surface area contributed by atoms with Crippen LogP contribution in [0.5, 0.6) is 0 Å². The van der Waals surface area contributed by atoms with Gasteiger partial charge in [-0.15, -0.1) is 0 Å². The minimum absolute atomic E-state index is 0.0335. The molecular weight excluding hydrogens is 596 g/mol. The van der Waals surface area contributed by atoms with Crippen LogP contribution in [0.3, 0.4) is 0 Å². The maximum Gasteiger partial charge on any atom is 0.330 e. The normalized spacial score (nSPS) is 9.48. The molecule has 0 atom stereocenters. The van der Waals surface area contributed by atoms with E-state index in [4.69, 9.17) is 35.7 Å². The van der Waals surface area contributed by atoms with Crippen molar-refractivity contribution in [2.45, 2.75) is 137 Å². The van der Waals surface area contributed by atoms with E-state index in [1.807, 2.05) is 0 Å². The third kappa shape index (κ3) is 60.2. The molecule has 0 aliphatic heterocycles. The Morgan fingerprint density at radius 2 is 0.739 bits per heavy atom. The van der Waals surface area contributed by atoms with Gasteiger partial charge in [-0.2, -0.15) is 0 Å². The Morgan fingerprint density at radius 3 is 0.891 bits per heavy atom. The second-order valence-electron chi connectivity index (χ2n) is 11.1. The van der Waals surface area contributed by atoms with Gasteiger partial charge in [-0.3, -0.25) is 4.79 Å². The molecule has 0 aromatic rings. The molecule has 0 unspecified atom stereocenters. The van der Waals surface area contributed by atoms with Gasteiger partial charge in [0.05, 0.1) is 0 Å². The van der Waals surface area contributed by atoms with Gasteiger partial charge < -0.3 is 35.7 Å². The van der Waals surface area contributed by atoms with E-state index in [1.54, 1.807) is 0 Å². The molecule has 0 aliphatic carbocycles. The molecular formula is C35H66O11. The predicted molar refractivity (Wildman–Crippen MR) is 184 cm³/mol. The molecule has 0 radical (unpaired) electrons. The Balaban J connectivity index is -0.000000176. The van der Waals surface area contributed by atoms with Crippen LogP contribution >= 0.6 is 0 Å². The van der Waals surface area contributed by atoms with Crippen LogP contribution in [0.25, 0.3) is 0 Å². The van der Waals surface area contributed by atoms with Crippen LogP contribution in [0.2, 0.25) is 0 Å². The first-order valence-electron chi connectivity index (χ1n) is 16.3. The summed E-state index contributed by atoms with van der Waals surface area (Å²) in [6, 6.07) is 0. The van der Waals surface area contributed by atoms with Gasteiger partial charge in [0.2, 0.25) is 0 Å². The molecule has 0 saturated carbocycles. The number of aliphatic hydroxyl groups is 3. The van der Waals surface area contributed by atoms with E-state index in [-0.39, 0.29) is 42.5 Å². The van der Waals surface area contributed by atoms with Crippen molar-refractivity contribution >= 4 is 23.9 Å². The highest BCUT2D eigenvalue weighted by Crippen LogP contribution is 2.13. The zero-order valence-electron chi connectivity index (χ0n) is 29.1. The van der Waals surface area contributed by atoms with Crippen LogP contribution in [0, 0.1) is 5.92 Å². The molecule has 0 rings (SSSR count). The average Bonchev–Trinajstić information content (AvgIpc) is 2.98. The van der Waals surface area contributed by atoms with E-state index in [2.05, 4.69) is 26.7 Å². The number of hydrogen-bond acceptors (Lipinski definition) is 7. The summed E-state index contributed by atoms with van der Waals surface area (Å²) in [5, 5.41) is 57.2. The van der Waals surface area contributed by atoms with E-state index in [0.29, 0.717) is 12.8 Å². The van der Waals surface area contributed by atoms with Gasteiger partial charge in [-0.05, 0) is 33.6 Å². The minimum atomic E-state index is -0.935. The molecule has 46 heavy (non-hydrogen) atoms. The van der Waals surface area contributed by atoms with Crippen molar-refractivity contribution in [3.63, 3.8) is 0 Å². The fourth-order valence-electron chi connectivity index (χ4n) is 3.07. The maximum atomic E-state index is 10.3. The third-order valence-electron chi connectivity index (χ3n) is 6.14. The van der Waals surface area contributed by atoms with Gasteiger partial charge >= 0.3 is 23.9 Å². The zero-order chi connectivity index (χ0) is 36.8. The summed E-state index contributed by atoms with van der Waals surface area (Å²) in [5.41, 5.74) is 0.528. The van der Waals surface area contributed by atoms with Crippen molar-refractivity contribution in [1.29, 1.82) is 0 Å². The van der Waals surface area contributed by atoms with E-state index in [0.717, 1.165) is 12.8 Å². The monoisotopic (exact) mass is 662 g/mol. The van der Waals surface area contributed by atoms with Crippen molar-refractivity contribution in [3.05, 3.63) is 36.5 Å². The van der Waals surface area contributed by atoms with Crippen molar-refractivity contribution < 1.29 is 54.9 Å². The second kappa shape index (κ2) is 42.0. The van der Waals surface area contributed by atoms with Crippen LogP contribution in [-0.4, -0.2) is 79.4 Å². The van der Waals surface area contributed by atoms with Crippen molar-refractivity contribution in [2.75, 3.05) is 19.8 Å². The molecule has 272 valence electrons. The van der Waals surface area contributed by atoms with Gasteiger partial charge in [0, 0.05) is 48.9 Å². The van der Waals surface area contributed by atoms with Crippen LogP contribution in [0.1, 0.15) is 137 Å². The first-order valence-corrected chi connectivity index (χ1v) is 16.3. The number of carbonyl (C=O) groups is 4. The van der Waals surface area contributed by atoms with E-state index in [1.165, 1.54) is 104 Å². The van der Waals surface area contributed by atoms with Crippen LogP contribution < -0.4 is 0 Å². The molecule has 0 amide bonds. The lowest BCUT2D eigenvalue weighted by Gasteiger charge is -2.06. The SMILES string of the molecule is C=C(C)C(=O)O.C=C(C)C(=O)O.C=C(C)C(=O)O.CCCCCCCCCCCCCCCCCC(=O)O.OCCC(CO)CO. The molecule has 7 N–H and O–H groups in total. The van der Waals surface area contributed by atoms with E-state index in [9.17, 15) is 19.2 Å². The highest BCUT2D eigenvalue weighted by molar-refractivity contribution is 5.85. The maximum absolute atomic E-state index is 10.3. The fraction of sp³-hybridized carbons (Fsp3) is 0.714. The molecule has 0 aromatic carbocycles. The molecule has 0 aromatic heterocycles. The summed E-state index contributed by atoms with van der Waals surface area (Å²) < 4.78 is 0. The minimum Gasteiger partial charge on any atom is -0.481 e. The summed E-state index contributed by atoms with van der Waals surface area (Å²) in [5.74, 6) is -3.60. The summed E-state index contributed by atoms with van der Waals surface area (Å²) >= 11 is 0. The van der Waals surface area contributed by atoms with Gasteiger partial charge in [0.15, 0.2) is 0 Å². The van der Waals surface area contributed by atoms with E-state index < -0.39 is 23.9 Å². The Kier molecular flexibility index (Phi) is 47.9. The lowest BCUT2D eigenvalue weighted by Crippen LogP contribution is -2.12. The standard InChI is InChI=1S/C18H36O2.C5H12O3.3C4H6O2/c1-2-3-4-5-6-7-8-9-10-11-12-13-14-15-16-17-18(19)20;6-2-1-5(3-7)4-8;3*1-3(2)4(5)6/h2-17H2,1H3,(H,19,20);5-8H,1-4H2;3*1H2,2H3,(H,5,6). The summed E-state index contributed by atoms with van der Waals surface area (Å²) in [6.45, 7) is 16.0. The Morgan fingerprint density at radius 1 is 0.500 bits per heavy atom. The highest BCUT2D eigenvalue weighted by atomic mass is 16.4. The summed E-state index contributed by atoms with van der Waals surface area (Å²) in [6.07, 6.45) is 20.7. The number of rotatable bonds is 23. The smallest absolute Gasteiger partial charge is 0.330 e. The van der Waals surface area contributed by atoms with Crippen molar-refractivity contribution in [2.24, 2.45) is 5.92 Å². The van der Waals surface area contributed by atoms with Crippen LogP contribution in [0.4, 0.5) is 0 Å². The second-order valence-corrected chi connectivity index (χ2v) is 11.1. The number of aliphatic carboxylic acids is 4.